The molecule has 0 saturated carbocycles. The first-order chi connectivity index (χ1) is 12.4. The standard InChI is InChI=1S/C20H23N3O3/c1-14-9-11-16(12-10-14)21-17(24)13-18(25)22-19(20(26)23(2)3)15-7-5-4-6-8-15/h4-12,19H,13H2,1-3H3,(H,21,24)(H,22,25)/t19-/m1/s1. The fraction of sp³-hybridized carbons (Fsp3) is 0.250. The van der Waals surface area contributed by atoms with Crippen LogP contribution in [0.25, 0.3) is 0 Å². The molecule has 0 radical (unpaired) electrons. The smallest absolute Gasteiger partial charge is 0.249 e. The molecule has 6 nitrogen and oxygen atoms in total. The first kappa shape index (κ1) is 19.2. The van der Waals surface area contributed by atoms with Gasteiger partial charge in [0.1, 0.15) is 12.5 Å². The highest BCUT2D eigenvalue weighted by atomic mass is 16.2. The third-order valence-corrected chi connectivity index (χ3v) is 3.78. The van der Waals surface area contributed by atoms with Crippen molar-refractivity contribution in [1.82, 2.24) is 10.2 Å². The van der Waals surface area contributed by atoms with E-state index in [2.05, 4.69) is 10.6 Å². The maximum Gasteiger partial charge on any atom is 0.249 e. The van der Waals surface area contributed by atoms with E-state index in [9.17, 15) is 14.4 Å². The fourth-order valence-electron chi connectivity index (χ4n) is 2.39. The summed E-state index contributed by atoms with van der Waals surface area (Å²) in [5.74, 6) is -1.21. The highest BCUT2D eigenvalue weighted by molar-refractivity contribution is 6.04. The maximum absolute atomic E-state index is 12.4. The molecule has 2 aromatic rings. The number of nitrogens with one attached hydrogen (secondary N) is 2. The first-order valence-corrected chi connectivity index (χ1v) is 8.29. The molecule has 0 saturated heterocycles. The van der Waals surface area contributed by atoms with Crippen molar-refractivity contribution in [1.29, 1.82) is 0 Å². The predicted octanol–water partition coefficient (Wildman–Crippen LogP) is 2.27. The third kappa shape index (κ3) is 5.44. The van der Waals surface area contributed by atoms with Crippen molar-refractivity contribution in [3.63, 3.8) is 0 Å². The Hall–Kier alpha value is -3.15. The van der Waals surface area contributed by atoms with Gasteiger partial charge in [0.2, 0.25) is 17.7 Å². The molecule has 0 spiro atoms. The van der Waals surface area contributed by atoms with Crippen LogP contribution in [0.5, 0.6) is 0 Å². The Labute approximate surface area is 153 Å². The minimum Gasteiger partial charge on any atom is -0.347 e. The third-order valence-electron chi connectivity index (χ3n) is 3.78. The largest absolute Gasteiger partial charge is 0.347 e. The minimum absolute atomic E-state index is 0.261. The Bertz CT molecular complexity index is 771. The number of nitrogens with zero attached hydrogens (tertiary/aromatic N) is 1. The quantitative estimate of drug-likeness (QED) is 0.782. The second-order valence-electron chi connectivity index (χ2n) is 6.23. The zero-order chi connectivity index (χ0) is 19.1. The lowest BCUT2D eigenvalue weighted by atomic mass is 10.1. The summed E-state index contributed by atoms with van der Waals surface area (Å²) >= 11 is 0. The molecule has 0 aliphatic rings. The highest BCUT2D eigenvalue weighted by Gasteiger charge is 2.24. The van der Waals surface area contributed by atoms with E-state index in [1.165, 1.54) is 4.90 Å². The first-order valence-electron chi connectivity index (χ1n) is 8.29. The van der Waals surface area contributed by atoms with E-state index in [0.717, 1.165) is 5.56 Å². The van der Waals surface area contributed by atoms with Gasteiger partial charge in [0, 0.05) is 19.8 Å². The Balaban J connectivity index is 2.01. The number of benzene rings is 2. The van der Waals surface area contributed by atoms with Crippen molar-refractivity contribution in [2.24, 2.45) is 0 Å². The van der Waals surface area contributed by atoms with Gasteiger partial charge in [0.25, 0.3) is 0 Å². The SMILES string of the molecule is Cc1ccc(NC(=O)CC(=O)N[C@@H](C(=O)N(C)C)c2ccccc2)cc1. The summed E-state index contributed by atoms with van der Waals surface area (Å²) in [7, 11) is 3.24. The predicted molar refractivity (Wildman–Crippen MR) is 100 cm³/mol. The molecule has 0 bridgehead atoms. The molecule has 0 aromatic heterocycles. The van der Waals surface area contributed by atoms with Crippen LogP contribution >= 0.6 is 0 Å². The second-order valence-corrected chi connectivity index (χ2v) is 6.23. The average Bonchev–Trinajstić information content (AvgIpc) is 2.61. The number of hydrogen-bond donors (Lipinski definition) is 2. The highest BCUT2D eigenvalue weighted by Crippen LogP contribution is 2.15. The summed E-state index contributed by atoms with van der Waals surface area (Å²) in [4.78, 5) is 38.1. The topological polar surface area (TPSA) is 78.5 Å². The van der Waals surface area contributed by atoms with Crippen LogP contribution in [-0.4, -0.2) is 36.7 Å². The van der Waals surface area contributed by atoms with Crippen LogP contribution in [-0.2, 0) is 14.4 Å². The summed E-state index contributed by atoms with van der Waals surface area (Å²) < 4.78 is 0. The molecule has 26 heavy (non-hydrogen) atoms. The normalized spacial score (nSPS) is 11.3. The monoisotopic (exact) mass is 353 g/mol. The van der Waals surface area contributed by atoms with Gasteiger partial charge in [0.05, 0.1) is 0 Å². The zero-order valence-corrected chi connectivity index (χ0v) is 15.2. The zero-order valence-electron chi connectivity index (χ0n) is 15.2. The lowest BCUT2D eigenvalue weighted by Gasteiger charge is -2.22. The Morgan fingerprint density at radius 3 is 2.12 bits per heavy atom. The van der Waals surface area contributed by atoms with Gasteiger partial charge in [-0.05, 0) is 24.6 Å². The van der Waals surface area contributed by atoms with Gasteiger partial charge in [-0.1, -0.05) is 48.0 Å². The van der Waals surface area contributed by atoms with Gasteiger partial charge in [-0.15, -0.1) is 0 Å². The number of rotatable bonds is 6. The van der Waals surface area contributed by atoms with Gasteiger partial charge >= 0.3 is 0 Å². The van der Waals surface area contributed by atoms with Crippen molar-refractivity contribution < 1.29 is 14.4 Å². The van der Waals surface area contributed by atoms with Crippen molar-refractivity contribution in [3.05, 3.63) is 65.7 Å². The van der Waals surface area contributed by atoms with E-state index in [1.807, 2.05) is 25.1 Å². The molecule has 0 fully saturated rings. The molecule has 2 rings (SSSR count). The van der Waals surface area contributed by atoms with Crippen molar-refractivity contribution in [3.8, 4) is 0 Å². The van der Waals surface area contributed by atoms with E-state index in [1.54, 1.807) is 50.5 Å². The molecule has 0 unspecified atom stereocenters. The van der Waals surface area contributed by atoms with E-state index >= 15 is 0 Å². The molecule has 0 aliphatic carbocycles. The van der Waals surface area contributed by atoms with Crippen LogP contribution in [0, 0.1) is 6.92 Å². The molecule has 0 heterocycles. The van der Waals surface area contributed by atoms with Crippen LogP contribution in [0.15, 0.2) is 54.6 Å². The number of carbonyl (C=O) groups excluding carboxylic acids is 3. The number of likely N-dealkylation sites (N-methyl/N-ethyl adjacent to an activating group) is 1. The molecular formula is C20H23N3O3. The summed E-state index contributed by atoms with van der Waals surface area (Å²) in [6, 6.07) is 15.4. The Kier molecular flexibility index (Phi) is 6.49. The van der Waals surface area contributed by atoms with Crippen molar-refractivity contribution >= 4 is 23.4 Å². The van der Waals surface area contributed by atoms with E-state index < -0.39 is 17.9 Å². The van der Waals surface area contributed by atoms with Gasteiger partial charge in [0.15, 0.2) is 0 Å². The molecule has 136 valence electrons. The lowest BCUT2D eigenvalue weighted by Crippen LogP contribution is -2.40. The lowest BCUT2D eigenvalue weighted by molar-refractivity contribution is -0.135. The van der Waals surface area contributed by atoms with Crippen LogP contribution in [0.1, 0.15) is 23.6 Å². The van der Waals surface area contributed by atoms with E-state index in [0.29, 0.717) is 11.3 Å². The second kappa shape index (κ2) is 8.80. The van der Waals surface area contributed by atoms with E-state index in [4.69, 9.17) is 0 Å². The Morgan fingerprint density at radius 2 is 1.54 bits per heavy atom. The summed E-state index contributed by atoms with van der Waals surface area (Å²) in [6.07, 6.45) is -0.363. The maximum atomic E-state index is 12.4. The molecular weight excluding hydrogens is 330 g/mol. The summed E-state index contributed by atoms with van der Waals surface area (Å²) in [5.41, 5.74) is 2.37. The van der Waals surface area contributed by atoms with Gasteiger partial charge in [-0.25, -0.2) is 0 Å². The number of carbonyl (C=O) groups is 3. The van der Waals surface area contributed by atoms with Crippen LogP contribution < -0.4 is 10.6 Å². The van der Waals surface area contributed by atoms with Gasteiger partial charge in [-0.2, -0.15) is 0 Å². The summed E-state index contributed by atoms with van der Waals surface area (Å²) in [5, 5.41) is 5.32. The van der Waals surface area contributed by atoms with Crippen LogP contribution in [0.3, 0.4) is 0 Å². The molecule has 6 heteroatoms. The molecule has 2 N–H and O–H groups in total. The number of hydrogen-bond acceptors (Lipinski definition) is 3. The van der Waals surface area contributed by atoms with Crippen LogP contribution in [0.4, 0.5) is 5.69 Å². The van der Waals surface area contributed by atoms with Crippen molar-refractivity contribution in [2.45, 2.75) is 19.4 Å². The molecule has 0 aliphatic heterocycles. The van der Waals surface area contributed by atoms with Gasteiger partial charge < -0.3 is 15.5 Å². The molecule has 2 aromatic carbocycles. The average molecular weight is 353 g/mol. The fourth-order valence-corrected chi connectivity index (χ4v) is 2.39. The molecule has 3 amide bonds. The Morgan fingerprint density at radius 1 is 0.923 bits per heavy atom. The number of anilines is 1. The van der Waals surface area contributed by atoms with Gasteiger partial charge in [-0.3, -0.25) is 14.4 Å². The molecule has 1 atom stereocenters. The minimum atomic E-state index is -0.828. The van der Waals surface area contributed by atoms with Crippen LogP contribution in [0.2, 0.25) is 0 Å². The summed E-state index contributed by atoms with van der Waals surface area (Å²) in [6.45, 7) is 1.95. The number of amides is 3. The van der Waals surface area contributed by atoms with E-state index in [-0.39, 0.29) is 12.3 Å². The number of aryl methyl sites for hydroxylation is 1. The van der Waals surface area contributed by atoms with Crippen molar-refractivity contribution in [2.75, 3.05) is 19.4 Å².